The van der Waals surface area contributed by atoms with Crippen LogP contribution in [0.15, 0.2) is 18.2 Å². The molecule has 5 heteroatoms. The van der Waals surface area contributed by atoms with E-state index in [2.05, 4.69) is 22.3 Å². The number of halogens is 1. The second kappa shape index (κ2) is 10.00. The van der Waals surface area contributed by atoms with Gasteiger partial charge in [0.25, 0.3) is 0 Å². The number of ether oxygens (including phenoxy) is 2. The monoisotopic (exact) mass is 300 g/mol. The third-order valence-corrected chi connectivity index (χ3v) is 3.40. The Hall–Kier alpha value is -0.810. The Labute approximate surface area is 127 Å². The molecule has 0 amide bonds. The molecule has 0 radical (unpaired) electrons. The van der Waals surface area contributed by atoms with E-state index >= 15 is 0 Å². The molecule has 1 aromatic rings. The number of benzene rings is 1. The summed E-state index contributed by atoms with van der Waals surface area (Å²) in [6, 6.07) is 6.15. The quantitative estimate of drug-likeness (QED) is 0.673. The van der Waals surface area contributed by atoms with Gasteiger partial charge in [-0.2, -0.15) is 0 Å². The summed E-state index contributed by atoms with van der Waals surface area (Å²) in [6.45, 7) is 6.62. The Bertz CT molecular complexity index is 388. The molecule has 0 aliphatic rings. The van der Waals surface area contributed by atoms with Crippen molar-refractivity contribution in [3.63, 3.8) is 0 Å². The number of likely N-dealkylation sites (N-methyl/N-ethyl adjacent to an activating group) is 1. The zero-order chi connectivity index (χ0) is 14.8. The third kappa shape index (κ3) is 6.09. The van der Waals surface area contributed by atoms with Gasteiger partial charge in [0.15, 0.2) is 0 Å². The number of hydrogen-bond acceptors (Lipinski definition) is 4. The van der Waals surface area contributed by atoms with Gasteiger partial charge in [-0.1, -0.05) is 17.7 Å². The van der Waals surface area contributed by atoms with Gasteiger partial charge in [0, 0.05) is 51.1 Å². The predicted molar refractivity (Wildman–Crippen MR) is 84.8 cm³/mol. The molecule has 0 unspecified atom stereocenters. The summed E-state index contributed by atoms with van der Waals surface area (Å²) in [5.41, 5.74) is 2.21. The fraction of sp³-hybridized carbons (Fsp3) is 0.600. The van der Waals surface area contributed by atoms with Crippen LogP contribution in [0.5, 0.6) is 0 Å². The summed E-state index contributed by atoms with van der Waals surface area (Å²) in [5.74, 6) is 0. The van der Waals surface area contributed by atoms with E-state index < -0.39 is 0 Å². The Morgan fingerprint density at radius 2 is 2.10 bits per heavy atom. The van der Waals surface area contributed by atoms with Gasteiger partial charge >= 0.3 is 0 Å². The standard InChI is InChI=1S/C15H25ClN2O2/c1-4-20-10-8-18(2)14-6-5-13(15(16)11-14)12-17-7-9-19-3/h5-6,11,17H,4,7-10,12H2,1-3H3. The van der Waals surface area contributed by atoms with E-state index in [-0.39, 0.29) is 0 Å². The summed E-state index contributed by atoms with van der Waals surface area (Å²) < 4.78 is 10.4. The van der Waals surface area contributed by atoms with Crippen LogP contribution in [-0.2, 0) is 16.0 Å². The zero-order valence-electron chi connectivity index (χ0n) is 12.6. The van der Waals surface area contributed by atoms with Crippen LogP contribution < -0.4 is 10.2 Å². The van der Waals surface area contributed by atoms with Crippen LogP contribution in [0.1, 0.15) is 12.5 Å². The Morgan fingerprint density at radius 3 is 2.75 bits per heavy atom. The lowest BCUT2D eigenvalue weighted by molar-refractivity contribution is 0.154. The van der Waals surface area contributed by atoms with Gasteiger partial charge in [0.1, 0.15) is 0 Å². The average Bonchev–Trinajstić information content (AvgIpc) is 2.45. The van der Waals surface area contributed by atoms with Crippen molar-refractivity contribution in [3.05, 3.63) is 28.8 Å². The van der Waals surface area contributed by atoms with Gasteiger partial charge in [0.05, 0.1) is 13.2 Å². The summed E-state index contributed by atoms with van der Waals surface area (Å²) in [5, 5.41) is 4.08. The van der Waals surface area contributed by atoms with Crippen LogP contribution in [-0.4, -0.2) is 47.1 Å². The lowest BCUT2D eigenvalue weighted by Crippen LogP contribution is -2.23. The Kier molecular flexibility index (Phi) is 8.62. The van der Waals surface area contributed by atoms with Gasteiger partial charge < -0.3 is 19.7 Å². The number of hydrogen-bond donors (Lipinski definition) is 1. The predicted octanol–water partition coefficient (Wildman–Crippen LogP) is 2.55. The van der Waals surface area contributed by atoms with E-state index in [9.17, 15) is 0 Å². The highest BCUT2D eigenvalue weighted by Crippen LogP contribution is 2.23. The normalized spacial score (nSPS) is 10.8. The molecule has 0 spiro atoms. The van der Waals surface area contributed by atoms with Crippen LogP contribution in [0, 0.1) is 0 Å². The highest BCUT2D eigenvalue weighted by Gasteiger charge is 2.05. The highest BCUT2D eigenvalue weighted by molar-refractivity contribution is 6.31. The number of nitrogens with one attached hydrogen (secondary N) is 1. The van der Waals surface area contributed by atoms with Crippen LogP contribution in [0.3, 0.4) is 0 Å². The molecule has 20 heavy (non-hydrogen) atoms. The summed E-state index contributed by atoms with van der Waals surface area (Å²) in [6.07, 6.45) is 0. The van der Waals surface area contributed by atoms with E-state index in [1.54, 1.807) is 7.11 Å². The largest absolute Gasteiger partial charge is 0.383 e. The third-order valence-electron chi connectivity index (χ3n) is 3.05. The van der Waals surface area contributed by atoms with E-state index in [1.807, 2.05) is 20.0 Å². The molecule has 0 saturated heterocycles. The molecular weight excluding hydrogens is 276 g/mol. The molecule has 1 aromatic carbocycles. The average molecular weight is 301 g/mol. The lowest BCUT2D eigenvalue weighted by Gasteiger charge is -2.20. The van der Waals surface area contributed by atoms with Crippen molar-refractivity contribution in [2.24, 2.45) is 0 Å². The number of methoxy groups -OCH3 is 1. The second-order valence-corrected chi connectivity index (χ2v) is 4.97. The lowest BCUT2D eigenvalue weighted by atomic mass is 10.2. The van der Waals surface area contributed by atoms with Crippen molar-refractivity contribution < 1.29 is 9.47 Å². The fourth-order valence-electron chi connectivity index (χ4n) is 1.79. The first kappa shape index (κ1) is 17.2. The van der Waals surface area contributed by atoms with Crippen molar-refractivity contribution in [3.8, 4) is 0 Å². The second-order valence-electron chi connectivity index (χ2n) is 4.56. The maximum Gasteiger partial charge on any atom is 0.0641 e. The molecule has 0 aliphatic heterocycles. The molecule has 4 nitrogen and oxygen atoms in total. The van der Waals surface area contributed by atoms with E-state index in [4.69, 9.17) is 21.1 Å². The smallest absolute Gasteiger partial charge is 0.0641 e. The molecule has 1 N–H and O–H groups in total. The van der Waals surface area contributed by atoms with Gasteiger partial charge in [-0.15, -0.1) is 0 Å². The molecule has 0 aliphatic carbocycles. The van der Waals surface area contributed by atoms with Gasteiger partial charge in [-0.3, -0.25) is 0 Å². The molecular formula is C15H25ClN2O2. The van der Waals surface area contributed by atoms with E-state index in [0.717, 1.165) is 49.1 Å². The van der Waals surface area contributed by atoms with E-state index in [0.29, 0.717) is 6.61 Å². The van der Waals surface area contributed by atoms with Crippen molar-refractivity contribution in [2.75, 3.05) is 52.0 Å². The van der Waals surface area contributed by atoms with Crippen molar-refractivity contribution in [2.45, 2.75) is 13.5 Å². The zero-order valence-corrected chi connectivity index (χ0v) is 13.4. The maximum atomic E-state index is 6.32. The first-order valence-electron chi connectivity index (χ1n) is 6.96. The van der Waals surface area contributed by atoms with Crippen molar-refractivity contribution >= 4 is 17.3 Å². The fourth-order valence-corrected chi connectivity index (χ4v) is 2.03. The number of anilines is 1. The first-order valence-corrected chi connectivity index (χ1v) is 7.33. The van der Waals surface area contributed by atoms with E-state index in [1.165, 1.54) is 0 Å². The highest BCUT2D eigenvalue weighted by atomic mass is 35.5. The van der Waals surface area contributed by atoms with Crippen molar-refractivity contribution in [1.29, 1.82) is 0 Å². The maximum absolute atomic E-state index is 6.32. The van der Waals surface area contributed by atoms with Crippen LogP contribution in [0.2, 0.25) is 5.02 Å². The summed E-state index contributed by atoms with van der Waals surface area (Å²) >= 11 is 6.32. The molecule has 114 valence electrons. The Balaban J connectivity index is 2.49. The molecule has 0 fully saturated rings. The molecule has 0 saturated carbocycles. The minimum absolute atomic E-state index is 0.704. The van der Waals surface area contributed by atoms with Crippen LogP contribution >= 0.6 is 11.6 Å². The summed E-state index contributed by atoms with van der Waals surface area (Å²) in [7, 11) is 3.74. The van der Waals surface area contributed by atoms with Crippen LogP contribution in [0.25, 0.3) is 0 Å². The minimum Gasteiger partial charge on any atom is -0.383 e. The SMILES string of the molecule is CCOCCN(C)c1ccc(CNCCOC)c(Cl)c1. The number of nitrogens with zero attached hydrogens (tertiary/aromatic N) is 1. The van der Waals surface area contributed by atoms with Crippen LogP contribution in [0.4, 0.5) is 5.69 Å². The molecule has 0 bridgehead atoms. The Morgan fingerprint density at radius 1 is 1.30 bits per heavy atom. The molecule has 0 aromatic heterocycles. The van der Waals surface area contributed by atoms with Crippen molar-refractivity contribution in [1.82, 2.24) is 5.32 Å². The topological polar surface area (TPSA) is 33.7 Å². The molecule has 0 heterocycles. The van der Waals surface area contributed by atoms with Gasteiger partial charge in [-0.05, 0) is 24.6 Å². The first-order chi connectivity index (χ1) is 9.69. The number of rotatable bonds is 10. The minimum atomic E-state index is 0.704. The van der Waals surface area contributed by atoms with Gasteiger partial charge in [0.2, 0.25) is 0 Å². The molecule has 0 atom stereocenters. The summed E-state index contributed by atoms with van der Waals surface area (Å²) in [4.78, 5) is 2.14. The van der Waals surface area contributed by atoms with Gasteiger partial charge in [-0.25, -0.2) is 0 Å². The molecule has 1 rings (SSSR count).